The molecule has 1 aliphatic rings. The molecule has 1 radical (unpaired) electrons. The minimum absolute atomic E-state index is 0. The number of hydrogen-bond acceptors (Lipinski definition) is 0. The van der Waals surface area contributed by atoms with Gasteiger partial charge in [0.05, 0.1) is 0 Å². The van der Waals surface area contributed by atoms with Gasteiger partial charge in [0.25, 0.3) is 0 Å². The Morgan fingerprint density at radius 1 is 1.57 bits per heavy atom. The van der Waals surface area contributed by atoms with E-state index in [1.807, 2.05) is 6.08 Å². The predicted octanol–water partition coefficient (Wildman–Crippen LogP) is 1.37. The van der Waals surface area contributed by atoms with Gasteiger partial charge < -0.3 is 0 Å². The van der Waals surface area contributed by atoms with Crippen LogP contribution in [0.25, 0.3) is 0 Å². The third-order valence-corrected chi connectivity index (χ3v) is 1.16. The molecule has 0 aliphatic heterocycles. The average Bonchev–Trinajstić information content (AvgIpc) is 1.86. The van der Waals surface area contributed by atoms with Crippen LogP contribution < -0.4 is 0 Å². The summed E-state index contributed by atoms with van der Waals surface area (Å²) < 4.78 is 1.28. The molecule has 0 aromatic heterocycles. The fourth-order valence-corrected chi connectivity index (χ4v) is 0.674. The Morgan fingerprint density at radius 2 is 2.29 bits per heavy atom. The summed E-state index contributed by atoms with van der Waals surface area (Å²) in [4.78, 5) is 0. The molecule has 0 atom stereocenters. The third kappa shape index (κ3) is 2.35. The SMILES string of the molecule is [Mn].[Mn][C]1=CC=CC1. The molecule has 0 unspecified atom stereocenters. The Kier molecular flexibility index (Phi) is 3.77. The molecular weight excluding hydrogens is 170 g/mol. The Hall–Kier alpha value is 0.519. The van der Waals surface area contributed by atoms with Gasteiger partial charge in [-0.2, -0.15) is 0 Å². The molecule has 2 heteroatoms. The molecule has 0 nitrogen and oxygen atoms in total. The van der Waals surface area contributed by atoms with Crippen LogP contribution in [0.5, 0.6) is 0 Å². The van der Waals surface area contributed by atoms with E-state index in [9.17, 15) is 0 Å². The van der Waals surface area contributed by atoms with Gasteiger partial charge in [0.2, 0.25) is 0 Å². The van der Waals surface area contributed by atoms with Crippen molar-refractivity contribution in [2.75, 3.05) is 0 Å². The fourth-order valence-electron chi connectivity index (χ4n) is 0.421. The van der Waals surface area contributed by atoms with E-state index in [0.29, 0.717) is 0 Å². The van der Waals surface area contributed by atoms with Gasteiger partial charge >= 0.3 is 45.1 Å². The molecule has 0 aromatic rings. The molecule has 0 heterocycles. The van der Waals surface area contributed by atoms with E-state index in [2.05, 4.69) is 28.2 Å². The zero-order valence-electron chi connectivity index (χ0n) is 3.70. The summed E-state index contributed by atoms with van der Waals surface area (Å²) in [5, 5.41) is 0. The molecule has 0 aromatic carbocycles. The van der Waals surface area contributed by atoms with Gasteiger partial charge in [0.1, 0.15) is 0 Å². The standard InChI is InChI=1S/C5H5.2Mn/c1-2-4-5-3-1;;/h1-3H,4H2;;. The normalized spacial score (nSPS) is 15.9. The molecule has 0 N–H and O–H groups in total. The van der Waals surface area contributed by atoms with Gasteiger partial charge in [-0.1, -0.05) is 0 Å². The van der Waals surface area contributed by atoms with Crippen LogP contribution in [0.1, 0.15) is 6.42 Å². The second kappa shape index (κ2) is 3.51. The van der Waals surface area contributed by atoms with Gasteiger partial charge in [-0.3, -0.25) is 0 Å². The van der Waals surface area contributed by atoms with E-state index in [1.165, 1.54) is 4.47 Å². The molecule has 1 rings (SSSR count). The van der Waals surface area contributed by atoms with Crippen LogP contribution >= 0.6 is 0 Å². The van der Waals surface area contributed by atoms with Crippen molar-refractivity contribution in [2.45, 2.75) is 6.42 Å². The predicted molar refractivity (Wildman–Crippen MR) is 21.8 cm³/mol. The van der Waals surface area contributed by atoms with E-state index in [0.717, 1.165) is 6.42 Å². The Bertz CT molecular complexity index is 103. The molecule has 0 spiro atoms. The Morgan fingerprint density at radius 3 is 2.43 bits per heavy atom. The van der Waals surface area contributed by atoms with Crippen molar-refractivity contribution in [1.29, 1.82) is 0 Å². The van der Waals surface area contributed by atoms with E-state index < -0.39 is 0 Å². The zero-order chi connectivity index (χ0) is 4.41. The summed E-state index contributed by atoms with van der Waals surface area (Å²) >= 11 is 3.34. The molecule has 0 fully saturated rings. The molecule has 0 amide bonds. The van der Waals surface area contributed by atoms with Crippen LogP contribution in [0.15, 0.2) is 22.7 Å². The van der Waals surface area contributed by atoms with Crippen molar-refractivity contribution < 1.29 is 33.1 Å². The van der Waals surface area contributed by atoms with Crippen LogP contribution in [0.4, 0.5) is 0 Å². The molecule has 0 bridgehead atoms. The van der Waals surface area contributed by atoms with Gasteiger partial charge in [0, 0.05) is 17.1 Å². The van der Waals surface area contributed by atoms with Crippen LogP contribution in [-0.4, -0.2) is 0 Å². The maximum absolute atomic E-state index is 3.34. The number of rotatable bonds is 0. The van der Waals surface area contributed by atoms with E-state index in [1.54, 1.807) is 0 Å². The second-order valence-electron chi connectivity index (χ2n) is 1.25. The average molecular weight is 175 g/mol. The van der Waals surface area contributed by atoms with E-state index in [4.69, 9.17) is 0 Å². The van der Waals surface area contributed by atoms with E-state index in [-0.39, 0.29) is 17.1 Å². The van der Waals surface area contributed by atoms with Crippen molar-refractivity contribution in [3.8, 4) is 0 Å². The molecule has 39 valence electrons. The first-order valence-electron chi connectivity index (χ1n) is 1.91. The second-order valence-corrected chi connectivity index (χ2v) is 2.00. The summed E-state index contributed by atoms with van der Waals surface area (Å²) in [6, 6.07) is 0. The summed E-state index contributed by atoms with van der Waals surface area (Å²) in [6.07, 6.45) is 7.30. The van der Waals surface area contributed by atoms with Crippen molar-refractivity contribution in [2.24, 2.45) is 0 Å². The van der Waals surface area contributed by atoms with Gasteiger partial charge in [-0.05, 0) is 0 Å². The van der Waals surface area contributed by atoms with Crippen molar-refractivity contribution in [3.63, 3.8) is 0 Å². The van der Waals surface area contributed by atoms with Gasteiger partial charge in [-0.25, -0.2) is 0 Å². The molecule has 0 saturated heterocycles. The maximum atomic E-state index is 3.34. The van der Waals surface area contributed by atoms with Crippen LogP contribution in [0.3, 0.4) is 0 Å². The fraction of sp³-hybridized carbons (Fsp3) is 0.200. The monoisotopic (exact) mass is 175 g/mol. The first kappa shape index (κ1) is 7.52. The summed E-state index contributed by atoms with van der Waals surface area (Å²) in [6.45, 7) is 0. The summed E-state index contributed by atoms with van der Waals surface area (Å²) in [7, 11) is 0. The van der Waals surface area contributed by atoms with Crippen LogP contribution in [0.2, 0.25) is 0 Å². The van der Waals surface area contributed by atoms with Crippen LogP contribution in [0, 0.1) is 0 Å². The number of allylic oxidation sites excluding steroid dienone is 4. The van der Waals surface area contributed by atoms with Crippen molar-refractivity contribution in [3.05, 3.63) is 22.7 Å². The summed E-state index contributed by atoms with van der Waals surface area (Å²) in [5.41, 5.74) is 0. The minimum atomic E-state index is 0. The Balaban J connectivity index is 0.000000360. The topological polar surface area (TPSA) is 0 Å². The first-order chi connectivity index (χ1) is 2.89. The van der Waals surface area contributed by atoms with Gasteiger partial charge in [0.15, 0.2) is 0 Å². The molecular formula is C5H5Mn2. The molecule has 0 saturated carbocycles. The quantitative estimate of drug-likeness (QED) is 0.487. The van der Waals surface area contributed by atoms with Crippen LogP contribution in [-0.2, 0) is 33.1 Å². The van der Waals surface area contributed by atoms with Crippen molar-refractivity contribution in [1.82, 2.24) is 0 Å². The Labute approximate surface area is 62.3 Å². The molecule has 7 heavy (non-hydrogen) atoms. The third-order valence-electron chi connectivity index (χ3n) is 0.726. The zero-order valence-corrected chi connectivity index (χ0v) is 6.06. The van der Waals surface area contributed by atoms with E-state index >= 15 is 0 Å². The van der Waals surface area contributed by atoms with Crippen molar-refractivity contribution >= 4 is 0 Å². The summed E-state index contributed by atoms with van der Waals surface area (Å²) in [5.74, 6) is 0. The van der Waals surface area contributed by atoms with Gasteiger partial charge in [-0.15, -0.1) is 0 Å². The number of hydrogen-bond donors (Lipinski definition) is 0. The first-order valence-corrected chi connectivity index (χ1v) is 2.50. The molecule has 1 aliphatic carbocycles.